The largest absolute Gasteiger partial charge is 0.480 e. The fraction of sp³-hybridized carbons (Fsp3) is 0.0556. The first kappa shape index (κ1) is 18.5. The molecule has 5 nitrogen and oxygen atoms in total. The molecule has 3 aromatic carbocycles. The van der Waals surface area contributed by atoms with Crippen LogP contribution < -0.4 is 4.31 Å². The molecular formula is C18H13Cl2NO4S. The van der Waals surface area contributed by atoms with Crippen molar-refractivity contribution in [1.29, 1.82) is 0 Å². The number of aliphatic carboxylic acids is 1. The summed E-state index contributed by atoms with van der Waals surface area (Å²) in [5.74, 6) is -1.31. The van der Waals surface area contributed by atoms with E-state index >= 15 is 0 Å². The van der Waals surface area contributed by atoms with Gasteiger partial charge in [0, 0.05) is 5.02 Å². The van der Waals surface area contributed by atoms with Gasteiger partial charge in [-0.05, 0) is 41.1 Å². The summed E-state index contributed by atoms with van der Waals surface area (Å²) in [5, 5.41) is 11.1. The van der Waals surface area contributed by atoms with Crippen LogP contribution in [-0.2, 0) is 14.8 Å². The molecule has 0 aliphatic heterocycles. The fourth-order valence-corrected chi connectivity index (χ4v) is 4.45. The smallest absolute Gasteiger partial charge is 0.324 e. The minimum Gasteiger partial charge on any atom is -0.480 e. The highest BCUT2D eigenvalue weighted by Crippen LogP contribution is 2.33. The van der Waals surface area contributed by atoms with Gasteiger partial charge in [0.25, 0.3) is 10.0 Å². The predicted molar refractivity (Wildman–Crippen MR) is 103 cm³/mol. The first-order valence-corrected chi connectivity index (χ1v) is 9.67. The van der Waals surface area contributed by atoms with Crippen molar-refractivity contribution in [3.05, 3.63) is 70.7 Å². The Labute approximate surface area is 160 Å². The lowest BCUT2D eigenvalue weighted by Crippen LogP contribution is -2.36. The summed E-state index contributed by atoms with van der Waals surface area (Å²) in [6.45, 7) is -0.783. The molecule has 0 aromatic heterocycles. The van der Waals surface area contributed by atoms with Crippen LogP contribution in [0.2, 0.25) is 10.0 Å². The van der Waals surface area contributed by atoms with Crippen molar-refractivity contribution in [2.24, 2.45) is 0 Å². The summed E-state index contributed by atoms with van der Waals surface area (Å²) in [4.78, 5) is 11.3. The number of hydrogen-bond acceptors (Lipinski definition) is 3. The second-order valence-corrected chi connectivity index (χ2v) is 8.22. The van der Waals surface area contributed by atoms with Crippen LogP contribution in [0.4, 0.5) is 5.69 Å². The number of hydrogen-bond donors (Lipinski definition) is 1. The first-order valence-electron chi connectivity index (χ1n) is 7.47. The number of carbonyl (C=O) groups is 1. The van der Waals surface area contributed by atoms with Crippen molar-refractivity contribution in [2.75, 3.05) is 10.8 Å². The van der Waals surface area contributed by atoms with Gasteiger partial charge in [-0.2, -0.15) is 0 Å². The third-order valence-corrected chi connectivity index (χ3v) is 6.08. The van der Waals surface area contributed by atoms with Gasteiger partial charge < -0.3 is 5.11 Å². The van der Waals surface area contributed by atoms with E-state index in [0.29, 0.717) is 0 Å². The molecule has 26 heavy (non-hydrogen) atoms. The summed E-state index contributed by atoms with van der Waals surface area (Å²) in [6, 6.07) is 16.1. The Morgan fingerprint density at radius 2 is 1.65 bits per heavy atom. The Bertz CT molecular complexity index is 1100. The minimum absolute atomic E-state index is 0.00900. The molecule has 1 N–H and O–H groups in total. The third kappa shape index (κ3) is 3.62. The Balaban J connectivity index is 2.17. The van der Waals surface area contributed by atoms with Gasteiger partial charge in [-0.1, -0.05) is 53.5 Å². The van der Waals surface area contributed by atoms with Crippen LogP contribution >= 0.6 is 23.2 Å². The zero-order valence-corrected chi connectivity index (χ0v) is 15.6. The van der Waals surface area contributed by atoms with Crippen LogP contribution in [0, 0.1) is 0 Å². The van der Waals surface area contributed by atoms with Crippen LogP contribution in [0.5, 0.6) is 0 Å². The molecule has 0 heterocycles. The summed E-state index contributed by atoms with van der Waals surface area (Å²) in [7, 11) is -4.17. The number of carboxylic acid groups (broad SMARTS) is 1. The number of fused-ring (bicyclic) bond motifs is 1. The maximum absolute atomic E-state index is 13.1. The molecule has 0 atom stereocenters. The molecular weight excluding hydrogens is 397 g/mol. The molecule has 134 valence electrons. The van der Waals surface area contributed by atoms with Gasteiger partial charge in [-0.15, -0.1) is 0 Å². The molecule has 0 amide bonds. The third-order valence-electron chi connectivity index (χ3n) is 3.76. The number of sulfonamides is 1. The Morgan fingerprint density at radius 3 is 2.35 bits per heavy atom. The van der Waals surface area contributed by atoms with Crippen molar-refractivity contribution in [3.8, 4) is 0 Å². The average molecular weight is 410 g/mol. The van der Waals surface area contributed by atoms with Crippen LogP contribution in [0.3, 0.4) is 0 Å². The van der Waals surface area contributed by atoms with Crippen molar-refractivity contribution in [1.82, 2.24) is 0 Å². The molecule has 0 bridgehead atoms. The van der Waals surface area contributed by atoms with Crippen LogP contribution in [0.15, 0.2) is 65.6 Å². The highest BCUT2D eigenvalue weighted by atomic mass is 35.5. The fourth-order valence-electron chi connectivity index (χ4n) is 2.55. The second kappa shape index (κ2) is 7.15. The first-order chi connectivity index (χ1) is 12.3. The Kier molecular flexibility index (Phi) is 5.09. The van der Waals surface area contributed by atoms with Gasteiger partial charge in [0.15, 0.2) is 0 Å². The van der Waals surface area contributed by atoms with Crippen molar-refractivity contribution >= 4 is 55.7 Å². The lowest BCUT2D eigenvalue weighted by molar-refractivity contribution is -0.135. The van der Waals surface area contributed by atoms with E-state index in [9.17, 15) is 18.3 Å². The molecule has 3 rings (SSSR count). The van der Waals surface area contributed by atoms with E-state index in [4.69, 9.17) is 23.2 Å². The SMILES string of the molecule is O=C(O)CN(c1cc(Cl)ccc1Cl)S(=O)(=O)c1ccc2ccccc2c1. The lowest BCUT2D eigenvalue weighted by Gasteiger charge is -2.24. The van der Waals surface area contributed by atoms with Gasteiger partial charge in [0.1, 0.15) is 6.54 Å². The highest BCUT2D eigenvalue weighted by molar-refractivity contribution is 7.92. The Hall–Kier alpha value is -2.28. The van der Waals surface area contributed by atoms with E-state index < -0.39 is 22.5 Å². The molecule has 0 fully saturated rings. The quantitative estimate of drug-likeness (QED) is 0.676. The van der Waals surface area contributed by atoms with Crippen LogP contribution in [-0.4, -0.2) is 26.0 Å². The molecule has 0 unspecified atom stereocenters. The molecule has 3 aromatic rings. The molecule has 0 aliphatic carbocycles. The highest BCUT2D eigenvalue weighted by Gasteiger charge is 2.29. The number of anilines is 1. The summed E-state index contributed by atoms with van der Waals surface area (Å²) >= 11 is 12.0. The number of rotatable bonds is 5. The molecule has 0 aliphatic rings. The van der Waals surface area contributed by atoms with E-state index in [1.54, 1.807) is 18.2 Å². The lowest BCUT2D eigenvalue weighted by atomic mass is 10.1. The second-order valence-electron chi connectivity index (χ2n) is 5.51. The van der Waals surface area contributed by atoms with Gasteiger partial charge in [0.2, 0.25) is 0 Å². The van der Waals surface area contributed by atoms with Crippen molar-refractivity contribution < 1.29 is 18.3 Å². The van der Waals surface area contributed by atoms with Crippen molar-refractivity contribution in [3.63, 3.8) is 0 Å². The molecule has 0 saturated carbocycles. The van der Waals surface area contributed by atoms with Gasteiger partial charge in [-0.3, -0.25) is 9.10 Å². The van der Waals surface area contributed by atoms with E-state index in [-0.39, 0.29) is 20.6 Å². The van der Waals surface area contributed by atoms with E-state index in [1.807, 2.05) is 12.1 Å². The van der Waals surface area contributed by atoms with Gasteiger partial charge in [-0.25, -0.2) is 8.42 Å². The summed E-state index contributed by atoms with van der Waals surface area (Å²) < 4.78 is 27.0. The van der Waals surface area contributed by atoms with E-state index in [1.165, 1.54) is 30.3 Å². The number of carboxylic acids is 1. The molecule has 8 heteroatoms. The van der Waals surface area contributed by atoms with Crippen LogP contribution in [0.1, 0.15) is 0 Å². The van der Waals surface area contributed by atoms with E-state index in [0.717, 1.165) is 15.1 Å². The summed E-state index contributed by atoms with van der Waals surface area (Å²) in [5.41, 5.74) is 0.00900. The zero-order chi connectivity index (χ0) is 18.9. The number of nitrogens with zero attached hydrogens (tertiary/aromatic N) is 1. The number of benzene rings is 3. The standard InChI is InChI=1S/C18H13Cl2NO4S/c19-14-6-8-16(20)17(10-14)21(11-18(22)23)26(24,25)15-7-5-12-3-1-2-4-13(12)9-15/h1-10H,11H2,(H,22,23). The molecule has 0 saturated heterocycles. The monoisotopic (exact) mass is 409 g/mol. The minimum atomic E-state index is -4.17. The van der Waals surface area contributed by atoms with E-state index in [2.05, 4.69) is 0 Å². The maximum atomic E-state index is 13.1. The van der Waals surface area contributed by atoms with Gasteiger partial charge in [0.05, 0.1) is 15.6 Å². The predicted octanol–water partition coefficient (Wildman–Crippen LogP) is 4.43. The molecule has 0 radical (unpaired) electrons. The maximum Gasteiger partial charge on any atom is 0.324 e. The molecule has 0 spiro atoms. The van der Waals surface area contributed by atoms with Crippen molar-refractivity contribution in [2.45, 2.75) is 4.90 Å². The zero-order valence-electron chi connectivity index (χ0n) is 13.3. The number of halogens is 2. The van der Waals surface area contributed by atoms with Crippen LogP contribution in [0.25, 0.3) is 10.8 Å². The topological polar surface area (TPSA) is 74.7 Å². The summed E-state index contributed by atoms with van der Waals surface area (Å²) in [6.07, 6.45) is 0. The van der Waals surface area contributed by atoms with Gasteiger partial charge >= 0.3 is 5.97 Å². The Morgan fingerprint density at radius 1 is 0.962 bits per heavy atom. The normalized spacial score (nSPS) is 11.5. The average Bonchev–Trinajstić information content (AvgIpc) is 2.61.